The molecular weight excluding hydrogens is 186 g/mol. The van der Waals surface area contributed by atoms with Crippen LogP contribution < -0.4 is 5.73 Å². The Bertz CT molecular complexity index is 206. The minimum absolute atomic E-state index is 0.491. The summed E-state index contributed by atoms with van der Waals surface area (Å²) >= 11 is 3.74. The summed E-state index contributed by atoms with van der Waals surface area (Å²) in [4.78, 5) is 1.40. The summed E-state index contributed by atoms with van der Waals surface area (Å²) in [6, 6.07) is 4.25. The van der Waals surface area contributed by atoms with Crippen molar-refractivity contribution < 1.29 is 0 Å². The standard InChI is InChI=1S/C9H15NS2/c1-7(2)12-9(6-10)8-4-3-5-11-8/h3-5,7,9H,6,10H2,1-2H3. The first kappa shape index (κ1) is 10.1. The molecule has 12 heavy (non-hydrogen) atoms. The van der Waals surface area contributed by atoms with Crippen LogP contribution in [-0.2, 0) is 0 Å². The molecule has 1 heterocycles. The van der Waals surface area contributed by atoms with Crippen LogP contribution in [0.2, 0.25) is 0 Å². The minimum Gasteiger partial charge on any atom is -0.329 e. The lowest BCUT2D eigenvalue weighted by Crippen LogP contribution is -2.10. The number of hydrogen-bond acceptors (Lipinski definition) is 3. The highest BCUT2D eigenvalue weighted by atomic mass is 32.2. The number of hydrogen-bond donors (Lipinski definition) is 1. The first-order valence-electron chi connectivity index (χ1n) is 4.13. The number of thiophene rings is 1. The van der Waals surface area contributed by atoms with E-state index in [0.29, 0.717) is 10.5 Å². The quantitative estimate of drug-likeness (QED) is 0.810. The van der Waals surface area contributed by atoms with Gasteiger partial charge in [-0.1, -0.05) is 19.9 Å². The SMILES string of the molecule is CC(C)SC(CN)c1cccs1. The summed E-state index contributed by atoms with van der Waals surface area (Å²) in [5.74, 6) is 0. The van der Waals surface area contributed by atoms with Gasteiger partial charge in [0.2, 0.25) is 0 Å². The Labute approximate surface area is 82.4 Å². The molecule has 68 valence electrons. The van der Waals surface area contributed by atoms with Crippen molar-refractivity contribution in [1.29, 1.82) is 0 Å². The average molecular weight is 201 g/mol. The van der Waals surface area contributed by atoms with E-state index in [1.807, 2.05) is 11.8 Å². The molecule has 3 heteroatoms. The van der Waals surface area contributed by atoms with Crippen LogP contribution in [0.25, 0.3) is 0 Å². The van der Waals surface area contributed by atoms with Crippen molar-refractivity contribution in [3.63, 3.8) is 0 Å². The highest BCUT2D eigenvalue weighted by molar-refractivity contribution is 8.00. The lowest BCUT2D eigenvalue weighted by atomic mass is 10.3. The fourth-order valence-electron chi connectivity index (χ4n) is 1.04. The van der Waals surface area contributed by atoms with E-state index in [0.717, 1.165) is 6.54 Å². The monoisotopic (exact) mass is 201 g/mol. The Morgan fingerprint density at radius 2 is 2.33 bits per heavy atom. The van der Waals surface area contributed by atoms with Crippen LogP contribution in [0.4, 0.5) is 0 Å². The van der Waals surface area contributed by atoms with E-state index in [2.05, 4.69) is 31.4 Å². The van der Waals surface area contributed by atoms with Gasteiger partial charge in [0.25, 0.3) is 0 Å². The minimum atomic E-state index is 0.491. The van der Waals surface area contributed by atoms with Crippen LogP contribution in [-0.4, -0.2) is 11.8 Å². The van der Waals surface area contributed by atoms with Crippen molar-refractivity contribution in [2.24, 2.45) is 5.73 Å². The maximum atomic E-state index is 5.70. The largest absolute Gasteiger partial charge is 0.329 e. The van der Waals surface area contributed by atoms with E-state index in [4.69, 9.17) is 5.73 Å². The third kappa shape index (κ3) is 2.81. The average Bonchev–Trinajstić information content (AvgIpc) is 2.51. The Morgan fingerprint density at radius 1 is 1.58 bits per heavy atom. The number of nitrogens with two attached hydrogens (primary N) is 1. The zero-order valence-electron chi connectivity index (χ0n) is 7.49. The molecule has 0 aliphatic rings. The van der Waals surface area contributed by atoms with Gasteiger partial charge in [-0.25, -0.2) is 0 Å². The van der Waals surface area contributed by atoms with E-state index >= 15 is 0 Å². The predicted octanol–water partition coefficient (Wildman–Crippen LogP) is 2.89. The molecule has 0 aliphatic carbocycles. The van der Waals surface area contributed by atoms with E-state index in [9.17, 15) is 0 Å². The molecule has 0 saturated heterocycles. The van der Waals surface area contributed by atoms with Crippen molar-refractivity contribution in [3.05, 3.63) is 22.4 Å². The van der Waals surface area contributed by atoms with Crippen molar-refractivity contribution in [2.45, 2.75) is 24.3 Å². The molecule has 0 fully saturated rings. The van der Waals surface area contributed by atoms with Gasteiger partial charge in [-0.15, -0.1) is 23.1 Å². The summed E-state index contributed by atoms with van der Waals surface area (Å²) in [6.07, 6.45) is 0. The normalized spacial score (nSPS) is 13.7. The lowest BCUT2D eigenvalue weighted by Gasteiger charge is -2.14. The molecule has 0 radical (unpaired) electrons. The number of rotatable bonds is 4. The molecular formula is C9H15NS2. The van der Waals surface area contributed by atoms with Gasteiger partial charge in [-0.2, -0.15) is 0 Å². The second-order valence-corrected chi connectivity index (χ2v) is 5.69. The van der Waals surface area contributed by atoms with E-state index in [1.54, 1.807) is 11.3 Å². The molecule has 1 nitrogen and oxygen atoms in total. The van der Waals surface area contributed by atoms with Crippen LogP contribution >= 0.6 is 23.1 Å². The second kappa shape index (κ2) is 4.90. The van der Waals surface area contributed by atoms with E-state index in [1.165, 1.54) is 4.88 Å². The summed E-state index contributed by atoms with van der Waals surface area (Å²) in [5.41, 5.74) is 5.70. The zero-order chi connectivity index (χ0) is 8.97. The molecule has 1 aromatic rings. The highest BCUT2D eigenvalue weighted by Crippen LogP contribution is 2.33. The maximum absolute atomic E-state index is 5.70. The molecule has 0 aromatic carbocycles. The van der Waals surface area contributed by atoms with Gasteiger partial charge in [-0.05, 0) is 16.7 Å². The molecule has 0 spiro atoms. The molecule has 1 unspecified atom stereocenters. The molecule has 0 amide bonds. The fraction of sp³-hybridized carbons (Fsp3) is 0.556. The van der Waals surface area contributed by atoms with Gasteiger partial charge in [0.1, 0.15) is 0 Å². The van der Waals surface area contributed by atoms with Crippen LogP contribution in [0, 0.1) is 0 Å². The molecule has 0 aliphatic heterocycles. The molecule has 2 N–H and O–H groups in total. The van der Waals surface area contributed by atoms with Gasteiger partial charge < -0.3 is 5.73 Å². The summed E-state index contributed by atoms with van der Waals surface area (Å²) < 4.78 is 0. The summed E-state index contributed by atoms with van der Waals surface area (Å²) in [6.45, 7) is 5.16. The molecule has 1 atom stereocenters. The van der Waals surface area contributed by atoms with Crippen LogP contribution in [0.1, 0.15) is 24.0 Å². The Kier molecular flexibility index (Phi) is 4.12. The fourth-order valence-corrected chi connectivity index (χ4v) is 3.08. The lowest BCUT2D eigenvalue weighted by molar-refractivity contribution is 0.946. The van der Waals surface area contributed by atoms with Crippen molar-refractivity contribution in [3.8, 4) is 0 Å². The number of thioether (sulfide) groups is 1. The van der Waals surface area contributed by atoms with Gasteiger partial charge in [0, 0.05) is 11.4 Å². The summed E-state index contributed by atoms with van der Waals surface area (Å²) in [5, 5.41) is 3.25. The summed E-state index contributed by atoms with van der Waals surface area (Å²) in [7, 11) is 0. The van der Waals surface area contributed by atoms with Crippen molar-refractivity contribution >= 4 is 23.1 Å². The molecule has 0 saturated carbocycles. The Hall–Kier alpha value is 0.01000. The Balaban J connectivity index is 2.57. The van der Waals surface area contributed by atoms with Crippen molar-refractivity contribution in [2.75, 3.05) is 6.54 Å². The molecule has 1 aromatic heterocycles. The van der Waals surface area contributed by atoms with Gasteiger partial charge in [0.15, 0.2) is 0 Å². The topological polar surface area (TPSA) is 26.0 Å². The molecule has 1 rings (SSSR count). The van der Waals surface area contributed by atoms with E-state index in [-0.39, 0.29) is 0 Å². The molecule has 0 bridgehead atoms. The van der Waals surface area contributed by atoms with Gasteiger partial charge in [-0.3, -0.25) is 0 Å². The van der Waals surface area contributed by atoms with Gasteiger partial charge >= 0.3 is 0 Å². The third-order valence-electron chi connectivity index (χ3n) is 1.51. The van der Waals surface area contributed by atoms with Crippen LogP contribution in [0.15, 0.2) is 17.5 Å². The third-order valence-corrected chi connectivity index (χ3v) is 3.97. The van der Waals surface area contributed by atoms with Crippen LogP contribution in [0.3, 0.4) is 0 Å². The predicted molar refractivity (Wildman–Crippen MR) is 58.8 cm³/mol. The van der Waals surface area contributed by atoms with E-state index < -0.39 is 0 Å². The first-order chi connectivity index (χ1) is 5.74. The van der Waals surface area contributed by atoms with Crippen molar-refractivity contribution in [1.82, 2.24) is 0 Å². The Morgan fingerprint density at radius 3 is 2.75 bits per heavy atom. The van der Waals surface area contributed by atoms with Crippen LogP contribution in [0.5, 0.6) is 0 Å². The van der Waals surface area contributed by atoms with Gasteiger partial charge in [0.05, 0.1) is 5.25 Å². The smallest absolute Gasteiger partial charge is 0.0516 e. The zero-order valence-corrected chi connectivity index (χ0v) is 9.12. The second-order valence-electron chi connectivity index (χ2n) is 2.92. The highest BCUT2D eigenvalue weighted by Gasteiger charge is 2.12. The maximum Gasteiger partial charge on any atom is 0.0516 e. The first-order valence-corrected chi connectivity index (χ1v) is 5.95.